The molecule has 0 aliphatic heterocycles. The lowest BCUT2D eigenvalue weighted by atomic mass is 9.81. The van der Waals surface area contributed by atoms with Gasteiger partial charge in [-0.3, -0.25) is 4.79 Å². The Hall–Kier alpha value is -1.91. The average molecular weight is 373 g/mol. The Labute approximate surface area is 162 Å². The molecular formula is C23H32O4. The predicted molar refractivity (Wildman–Crippen MR) is 108 cm³/mol. The number of rotatable bonds is 5. The number of hydrogen-bond acceptors (Lipinski definition) is 4. The molecule has 0 saturated heterocycles. The highest BCUT2D eigenvalue weighted by Crippen LogP contribution is 2.30. The number of aliphatic hydroxyl groups excluding tert-OH is 1. The van der Waals surface area contributed by atoms with Crippen LogP contribution in [0.3, 0.4) is 0 Å². The van der Waals surface area contributed by atoms with Crippen LogP contribution in [0.25, 0.3) is 0 Å². The third kappa shape index (κ3) is 6.33. The molecule has 0 radical (unpaired) electrons. The molecule has 0 heterocycles. The van der Waals surface area contributed by atoms with Gasteiger partial charge in [0, 0.05) is 11.5 Å². The molecule has 0 amide bonds. The molecule has 3 atom stereocenters. The summed E-state index contributed by atoms with van der Waals surface area (Å²) in [4.78, 5) is 12.5. The molecule has 0 fully saturated rings. The van der Waals surface area contributed by atoms with E-state index in [1.54, 1.807) is 12.1 Å². The van der Waals surface area contributed by atoms with Crippen LogP contribution < -0.4 is 0 Å². The Morgan fingerprint density at radius 2 is 1.85 bits per heavy atom. The van der Waals surface area contributed by atoms with Crippen molar-refractivity contribution in [1.82, 2.24) is 0 Å². The van der Waals surface area contributed by atoms with Crippen molar-refractivity contribution in [1.29, 1.82) is 0 Å². The highest BCUT2D eigenvalue weighted by Gasteiger charge is 2.32. The standard InChI is InChI=1S/C23H32O4/c1-15(2)23-20(25)12-16(3)6-5-7-17(4)13-22(23)27-14-21(26)18-8-10-19(24)11-9-18/h7-12,15,20,22-25H,5-6,13-14H2,1-4H3/b16-12+,17-7-/t20-,22+,23-/m0/s1. The Bertz CT molecular complexity index is 685. The summed E-state index contributed by atoms with van der Waals surface area (Å²) < 4.78 is 6.07. The van der Waals surface area contributed by atoms with Crippen LogP contribution in [0.15, 0.2) is 47.6 Å². The first-order valence-electron chi connectivity index (χ1n) is 9.72. The van der Waals surface area contributed by atoms with Crippen LogP contribution in [0.5, 0.6) is 5.75 Å². The van der Waals surface area contributed by atoms with Crippen molar-refractivity contribution in [2.45, 2.75) is 59.2 Å². The number of Topliss-reactive ketones (excluding diaryl/α,β-unsaturated/α-hetero) is 1. The molecule has 0 saturated carbocycles. The molecule has 4 heteroatoms. The number of ketones is 1. The number of aromatic hydroxyl groups is 1. The van der Waals surface area contributed by atoms with E-state index >= 15 is 0 Å². The van der Waals surface area contributed by atoms with Gasteiger partial charge in [0.05, 0.1) is 12.2 Å². The van der Waals surface area contributed by atoms with E-state index in [0.29, 0.717) is 12.0 Å². The molecular weight excluding hydrogens is 340 g/mol. The zero-order chi connectivity index (χ0) is 20.0. The van der Waals surface area contributed by atoms with Gasteiger partial charge in [0.1, 0.15) is 12.4 Å². The number of aliphatic hydroxyl groups is 1. The zero-order valence-electron chi connectivity index (χ0n) is 16.8. The van der Waals surface area contributed by atoms with Gasteiger partial charge in [-0.2, -0.15) is 0 Å². The van der Waals surface area contributed by atoms with Crippen LogP contribution in [0.4, 0.5) is 0 Å². The number of allylic oxidation sites excluding steroid dienone is 2. The summed E-state index contributed by atoms with van der Waals surface area (Å²) >= 11 is 0. The largest absolute Gasteiger partial charge is 0.508 e. The van der Waals surface area contributed by atoms with Crippen LogP contribution in [-0.4, -0.2) is 34.8 Å². The quantitative estimate of drug-likeness (QED) is 0.582. The highest BCUT2D eigenvalue weighted by molar-refractivity contribution is 5.97. The molecule has 1 aromatic carbocycles. The summed E-state index contributed by atoms with van der Waals surface area (Å²) in [6.07, 6.45) is 5.94. The second-order valence-corrected chi connectivity index (χ2v) is 7.94. The molecule has 0 aromatic heterocycles. The van der Waals surface area contributed by atoms with Gasteiger partial charge < -0.3 is 14.9 Å². The predicted octanol–water partition coefficient (Wildman–Crippen LogP) is 4.67. The van der Waals surface area contributed by atoms with Gasteiger partial charge >= 0.3 is 0 Å². The van der Waals surface area contributed by atoms with E-state index in [0.717, 1.165) is 12.8 Å². The molecule has 0 unspecified atom stereocenters. The lowest BCUT2D eigenvalue weighted by molar-refractivity contribution is -0.0348. The smallest absolute Gasteiger partial charge is 0.188 e. The fourth-order valence-electron chi connectivity index (χ4n) is 3.70. The third-order valence-corrected chi connectivity index (χ3v) is 5.22. The van der Waals surface area contributed by atoms with Gasteiger partial charge in [-0.05, 0) is 63.3 Å². The Kier molecular flexibility index (Phi) is 7.81. The van der Waals surface area contributed by atoms with Crippen molar-refractivity contribution < 1.29 is 19.7 Å². The zero-order valence-corrected chi connectivity index (χ0v) is 16.8. The maximum atomic E-state index is 12.5. The topological polar surface area (TPSA) is 66.8 Å². The van der Waals surface area contributed by atoms with Crippen LogP contribution in [-0.2, 0) is 4.74 Å². The number of hydrogen-bond donors (Lipinski definition) is 2. The SMILES string of the molecule is C/C1=C/CC/C(C)=C/[C@H](O)[C@H](C(C)C)[C@H](OCC(=O)c2ccc(O)cc2)C1. The molecule has 0 spiro atoms. The number of carbonyl (C=O) groups excluding carboxylic acids is 1. The minimum atomic E-state index is -0.593. The molecule has 2 N–H and O–H groups in total. The molecule has 1 aromatic rings. The van der Waals surface area contributed by atoms with Gasteiger partial charge in [-0.25, -0.2) is 0 Å². The van der Waals surface area contributed by atoms with Gasteiger partial charge in [0.25, 0.3) is 0 Å². The van der Waals surface area contributed by atoms with Crippen molar-refractivity contribution in [3.8, 4) is 5.75 Å². The first-order chi connectivity index (χ1) is 12.8. The van der Waals surface area contributed by atoms with Crippen molar-refractivity contribution >= 4 is 5.78 Å². The number of carbonyl (C=O) groups is 1. The van der Waals surface area contributed by atoms with E-state index in [-0.39, 0.29) is 36.1 Å². The van der Waals surface area contributed by atoms with Gasteiger partial charge in [-0.1, -0.05) is 37.1 Å². The summed E-state index contributed by atoms with van der Waals surface area (Å²) in [6.45, 7) is 8.26. The molecule has 4 nitrogen and oxygen atoms in total. The molecule has 1 aliphatic carbocycles. The summed E-state index contributed by atoms with van der Waals surface area (Å²) in [5.74, 6) is 0.127. The average Bonchev–Trinajstić information content (AvgIpc) is 2.59. The molecule has 2 rings (SSSR count). The van der Waals surface area contributed by atoms with Crippen LogP contribution in [0, 0.1) is 11.8 Å². The molecule has 0 bridgehead atoms. The Morgan fingerprint density at radius 1 is 1.19 bits per heavy atom. The third-order valence-electron chi connectivity index (χ3n) is 5.22. The van der Waals surface area contributed by atoms with Gasteiger partial charge in [-0.15, -0.1) is 0 Å². The highest BCUT2D eigenvalue weighted by atomic mass is 16.5. The lowest BCUT2D eigenvalue weighted by Crippen LogP contribution is -2.38. The normalized spacial score (nSPS) is 28.1. The Balaban J connectivity index is 2.18. The van der Waals surface area contributed by atoms with E-state index in [1.807, 2.05) is 6.08 Å². The van der Waals surface area contributed by atoms with Crippen LogP contribution in [0.1, 0.15) is 57.3 Å². The van der Waals surface area contributed by atoms with E-state index in [4.69, 9.17) is 4.74 Å². The second kappa shape index (κ2) is 9.86. The van der Waals surface area contributed by atoms with Crippen LogP contribution >= 0.6 is 0 Å². The molecule has 1 aliphatic rings. The van der Waals surface area contributed by atoms with Gasteiger partial charge in [0.2, 0.25) is 0 Å². The van der Waals surface area contributed by atoms with Gasteiger partial charge in [0.15, 0.2) is 5.78 Å². The number of phenolic OH excluding ortho intramolecular Hbond substituents is 1. The van der Waals surface area contributed by atoms with E-state index < -0.39 is 6.10 Å². The van der Waals surface area contributed by atoms with Crippen molar-refractivity contribution in [3.05, 3.63) is 53.1 Å². The summed E-state index contributed by atoms with van der Waals surface area (Å²) in [7, 11) is 0. The number of phenols is 1. The van der Waals surface area contributed by atoms with E-state index in [1.165, 1.54) is 23.3 Å². The first-order valence-corrected chi connectivity index (χ1v) is 9.72. The second-order valence-electron chi connectivity index (χ2n) is 7.94. The Morgan fingerprint density at radius 3 is 2.48 bits per heavy atom. The van der Waals surface area contributed by atoms with Crippen molar-refractivity contribution in [2.24, 2.45) is 11.8 Å². The van der Waals surface area contributed by atoms with E-state index in [9.17, 15) is 15.0 Å². The van der Waals surface area contributed by atoms with E-state index in [2.05, 4.69) is 33.8 Å². The van der Waals surface area contributed by atoms with Crippen molar-refractivity contribution in [3.63, 3.8) is 0 Å². The van der Waals surface area contributed by atoms with Crippen LogP contribution in [0.2, 0.25) is 0 Å². The lowest BCUT2D eigenvalue weighted by Gasteiger charge is -2.34. The monoisotopic (exact) mass is 372 g/mol. The van der Waals surface area contributed by atoms with Crippen molar-refractivity contribution in [2.75, 3.05) is 6.61 Å². The summed E-state index contributed by atoms with van der Waals surface area (Å²) in [6, 6.07) is 6.19. The maximum Gasteiger partial charge on any atom is 0.188 e. The first kappa shape index (κ1) is 21.4. The summed E-state index contributed by atoms with van der Waals surface area (Å²) in [5.41, 5.74) is 2.92. The fraction of sp³-hybridized carbons (Fsp3) is 0.522. The maximum absolute atomic E-state index is 12.5. The fourth-order valence-corrected chi connectivity index (χ4v) is 3.70. The molecule has 148 valence electrons. The molecule has 27 heavy (non-hydrogen) atoms. The number of benzene rings is 1. The minimum absolute atomic E-state index is 0.0403. The number of ether oxygens (including phenoxy) is 1. The summed E-state index contributed by atoms with van der Waals surface area (Å²) in [5, 5.41) is 20.2. The minimum Gasteiger partial charge on any atom is -0.508 e.